The van der Waals surface area contributed by atoms with Crippen LogP contribution >= 0.6 is 0 Å². The van der Waals surface area contributed by atoms with Gasteiger partial charge in [-0.25, -0.2) is 4.90 Å². The lowest BCUT2D eigenvalue weighted by atomic mass is 10.2. The van der Waals surface area contributed by atoms with Crippen LogP contribution in [0.15, 0.2) is 42.6 Å². The largest absolute Gasteiger partial charge is 0.298 e. The van der Waals surface area contributed by atoms with Gasteiger partial charge in [0.2, 0.25) is 0 Å². The zero-order valence-electron chi connectivity index (χ0n) is 9.74. The van der Waals surface area contributed by atoms with Gasteiger partial charge < -0.3 is 0 Å². The molecular formula is C14H8N2O3. The molecule has 0 saturated heterocycles. The fourth-order valence-corrected chi connectivity index (χ4v) is 2.04. The summed E-state index contributed by atoms with van der Waals surface area (Å²) in [6.45, 7) is 0. The highest BCUT2D eigenvalue weighted by molar-refractivity contribution is 6.33. The van der Waals surface area contributed by atoms with E-state index in [1.54, 1.807) is 30.3 Å². The van der Waals surface area contributed by atoms with Crippen LogP contribution in [0.3, 0.4) is 0 Å². The van der Waals surface area contributed by atoms with Gasteiger partial charge in [-0.2, -0.15) is 0 Å². The topological polar surface area (TPSA) is 67.3 Å². The van der Waals surface area contributed by atoms with E-state index in [2.05, 4.69) is 4.98 Å². The quantitative estimate of drug-likeness (QED) is 0.602. The molecule has 92 valence electrons. The van der Waals surface area contributed by atoms with Gasteiger partial charge in [-0.1, -0.05) is 12.1 Å². The monoisotopic (exact) mass is 252 g/mol. The molecule has 0 bridgehead atoms. The second-order valence-electron chi connectivity index (χ2n) is 4.06. The average molecular weight is 252 g/mol. The molecule has 0 radical (unpaired) electrons. The lowest BCUT2D eigenvalue weighted by molar-refractivity contribution is 0.0923. The van der Waals surface area contributed by atoms with Crippen LogP contribution in [0.1, 0.15) is 31.2 Å². The van der Waals surface area contributed by atoms with Crippen molar-refractivity contribution in [1.82, 2.24) is 4.98 Å². The van der Waals surface area contributed by atoms with Crippen LogP contribution in [-0.2, 0) is 0 Å². The van der Waals surface area contributed by atoms with Gasteiger partial charge in [-0.3, -0.25) is 19.4 Å². The molecule has 0 unspecified atom stereocenters. The molecule has 2 heterocycles. The Morgan fingerprint density at radius 3 is 2.63 bits per heavy atom. The lowest BCUT2D eigenvalue weighted by Gasteiger charge is -2.13. The second kappa shape index (κ2) is 4.13. The van der Waals surface area contributed by atoms with E-state index in [4.69, 9.17) is 0 Å². The maximum atomic E-state index is 12.2. The third-order valence-electron chi connectivity index (χ3n) is 2.91. The Morgan fingerprint density at radius 1 is 1.05 bits per heavy atom. The number of hydrogen-bond acceptors (Lipinski definition) is 4. The maximum absolute atomic E-state index is 12.2. The summed E-state index contributed by atoms with van der Waals surface area (Å²) < 4.78 is 0. The summed E-state index contributed by atoms with van der Waals surface area (Å²) in [5, 5.41) is 0. The van der Waals surface area contributed by atoms with Crippen LogP contribution < -0.4 is 4.90 Å². The van der Waals surface area contributed by atoms with Gasteiger partial charge in [0, 0.05) is 11.8 Å². The highest BCUT2D eigenvalue weighted by Gasteiger charge is 2.37. The van der Waals surface area contributed by atoms with Gasteiger partial charge in [0.05, 0.1) is 11.3 Å². The van der Waals surface area contributed by atoms with E-state index in [1.165, 1.54) is 12.3 Å². The van der Waals surface area contributed by atoms with E-state index in [1.807, 2.05) is 0 Å². The van der Waals surface area contributed by atoms with Gasteiger partial charge in [-0.15, -0.1) is 0 Å². The molecule has 1 aromatic carbocycles. The van der Waals surface area contributed by atoms with Gasteiger partial charge in [0.1, 0.15) is 12.0 Å². The van der Waals surface area contributed by atoms with E-state index in [0.717, 1.165) is 4.90 Å². The summed E-state index contributed by atoms with van der Waals surface area (Å²) in [7, 11) is 0. The number of pyridine rings is 1. The number of nitrogens with zero attached hydrogens (tertiary/aromatic N) is 2. The molecule has 2 aromatic rings. The van der Waals surface area contributed by atoms with Crippen molar-refractivity contribution in [2.75, 3.05) is 4.90 Å². The molecule has 0 aliphatic carbocycles. The molecule has 2 amide bonds. The SMILES string of the molecule is O=Cc1cccc(N2C(=O)c3cccnc3C2=O)c1. The van der Waals surface area contributed by atoms with Crippen molar-refractivity contribution in [1.29, 1.82) is 0 Å². The number of benzene rings is 1. The standard InChI is InChI=1S/C14H8N2O3/c17-8-9-3-1-4-10(7-9)16-13(18)11-5-2-6-15-12(11)14(16)19/h1-8H. The normalized spacial score (nSPS) is 13.6. The number of amides is 2. The first kappa shape index (κ1) is 11.3. The molecule has 5 nitrogen and oxygen atoms in total. The van der Waals surface area contributed by atoms with Crippen molar-refractivity contribution in [2.45, 2.75) is 0 Å². The third kappa shape index (κ3) is 1.63. The van der Waals surface area contributed by atoms with Crippen molar-refractivity contribution in [3.05, 3.63) is 59.4 Å². The van der Waals surface area contributed by atoms with Crippen LogP contribution in [0.4, 0.5) is 5.69 Å². The first-order valence-electron chi connectivity index (χ1n) is 5.61. The van der Waals surface area contributed by atoms with Crippen molar-refractivity contribution in [3.8, 4) is 0 Å². The summed E-state index contributed by atoms with van der Waals surface area (Å²) in [5.74, 6) is -0.889. The Morgan fingerprint density at radius 2 is 1.89 bits per heavy atom. The smallest absolute Gasteiger partial charge is 0.284 e. The number of fused-ring (bicyclic) bond motifs is 1. The van der Waals surface area contributed by atoms with Crippen molar-refractivity contribution in [2.24, 2.45) is 0 Å². The third-order valence-corrected chi connectivity index (χ3v) is 2.91. The van der Waals surface area contributed by atoms with Gasteiger partial charge in [0.15, 0.2) is 0 Å². The molecule has 3 rings (SSSR count). The number of aldehydes is 1. The Hall–Kier alpha value is -2.82. The lowest BCUT2D eigenvalue weighted by Crippen LogP contribution is -2.29. The summed E-state index contributed by atoms with van der Waals surface area (Å²) >= 11 is 0. The number of rotatable bonds is 2. The number of anilines is 1. The second-order valence-corrected chi connectivity index (χ2v) is 4.06. The number of carbonyl (C=O) groups excluding carboxylic acids is 3. The number of hydrogen-bond donors (Lipinski definition) is 0. The fraction of sp³-hybridized carbons (Fsp3) is 0. The molecule has 0 spiro atoms. The Bertz CT molecular complexity index is 674. The maximum Gasteiger partial charge on any atom is 0.284 e. The fourth-order valence-electron chi connectivity index (χ4n) is 2.04. The highest BCUT2D eigenvalue weighted by Crippen LogP contribution is 2.27. The van der Waals surface area contributed by atoms with Crippen LogP contribution in [0.25, 0.3) is 0 Å². The van der Waals surface area contributed by atoms with Gasteiger partial charge in [-0.05, 0) is 24.3 Å². The summed E-state index contributed by atoms with van der Waals surface area (Å²) in [4.78, 5) is 40.1. The van der Waals surface area contributed by atoms with Crippen LogP contribution in [0, 0.1) is 0 Å². The minimum atomic E-state index is -0.469. The minimum absolute atomic E-state index is 0.143. The van der Waals surface area contributed by atoms with E-state index in [9.17, 15) is 14.4 Å². The molecular weight excluding hydrogens is 244 g/mol. The van der Waals surface area contributed by atoms with E-state index in [-0.39, 0.29) is 11.3 Å². The van der Waals surface area contributed by atoms with Crippen molar-refractivity contribution in [3.63, 3.8) is 0 Å². The molecule has 0 atom stereocenters. The number of imide groups is 1. The summed E-state index contributed by atoms with van der Waals surface area (Å²) in [6, 6.07) is 9.49. The zero-order chi connectivity index (χ0) is 13.4. The average Bonchev–Trinajstić information content (AvgIpc) is 2.72. The first-order valence-corrected chi connectivity index (χ1v) is 5.61. The van der Waals surface area contributed by atoms with Crippen LogP contribution in [0.5, 0.6) is 0 Å². The van der Waals surface area contributed by atoms with E-state index >= 15 is 0 Å². The summed E-state index contributed by atoms with van der Waals surface area (Å²) in [6.07, 6.45) is 2.13. The first-order chi connectivity index (χ1) is 9.22. The molecule has 19 heavy (non-hydrogen) atoms. The minimum Gasteiger partial charge on any atom is -0.298 e. The highest BCUT2D eigenvalue weighted by atomic mass is 16.2. The number of aromatic nitrogens is 1. The molecule has 0 N–H and O–H groups in total. The predicted molar refractivity (Wildman–Crippen MR) is 67.2 cm³/mol. The number of carbonyl (C=O) groups is 3. The summed E-state index contributed by atoms with van der Waals surface area (Å²) in [5.41, 5.74) is 1.20. The zero-order valence-corrected chi connectivity index (χ0v) is 9.74. The van der Waals surface area contributed by atoms with E-state index < -0.39 is 11.8 Å². The van der Waals surface area contributed by atoms with E-state index in [0.29, 0.717) is 17.5 Å². The molecule has 1 aliphatic heterocycles. The predicted octanol–water partition coefficient (Wildman–Crippen LogP) is 1.69. The van der Waals surface area contributed by atoms with Crippen LogP contribution in [-0.4, -0.2) is 23.1 Å². The Balaban J connectivity index is 2.11. The van der Waals surface area contributed by atoms with Gasteiger partial charge in [0.25, 0.3) is 11.8 Å². The Kier molecular flexibility index (Phi) is 2.45. The van der Waals surface area contributed by atoms with Crippen molar-refractivity contribution >= 4 is 23.8 Å². The molecule has 5 heteroatoms. The molecule has 1 aliphatic rings. The van der Waals surface area contributed by atoms with Crippen LogP contribution in [0.2, 0.25) is 0 Å². The molecule has 1 aromatic heterocycles. The van der Waals surface area contributed by atoms with Crippen molar-refractivity contribution < 1.29 is 14.4 Å². The molecule has 0 saturated carbocycles. The Labute approximate surface area is 108 Å². The molecule has 0 fully saturated rings. The van der Waals surface area contributed by atoms with Gasteiger partial charge >= 0.3 is 0 Å².